The Balaban J connectivity index is 2.43. The molecule has 0 saturated carbocycles. The lowest BCUT2D eigenvalue weighted by atomic mass is 10.2. The summed E-state index contributed by atoms with van der Waals surface area (Å²) in [5, 5.41) is 0. The summed E-state index contributed by atoms with van der Waals surface area (Å²) in [5.74, 6) is 0.705. The lowest BCUT2D eigenvalue weighted by Crippen LogP contribution is -2.05. The van der Waals surface area contributed by atoms with Crippen LogP contribution in [0.5, 0.6) is 0 Å². The SMILES string of the molecule is Cc1ncc(Br)n1-c1ccc(C(F)(F)F)cc1. The molecule has 0 N–H and O–H groups in total. The van der Waals surface area contributed by atoms with Crippen LogP contribution in [0.2, 0.25) is 0 Å². The van der Waals surface area contributed by atoms with Crippen LogP contribution in [-0.2, 0) is 6.18 Å². The molecule has 6 heteroatoms. The first-order valence-corrected chi connectivity index (χ1v) is 5.56. The summed E-state index contributed by atoms with van der Waals surface area (Å²) < 4.78 is 39.6. The third-order valence-corrected chi connectivity index (χ3v) is 2.91. The number of aromatic nitrogens is 2. The summed E-state index contributed by atoms with van der Waals surface area (Å²) >= 11 is 3.29. The highest BCUT2D eigenvalue weighted by Gasteiger charge is 2.30. The first-order valence-electron chi connectivity index (χ1n) is 4.77. The van der Waals surface area contributed by atoms with Crippen molar-refractivity contribution in [2.24, 2.45) is 0 Å². The lowest BCUT2D eigenvalue weighted by Gasteiger charge is -2.10. The van der Waals surface area contributed by atoms with Crippen molar-refractivity contribution < 1.29 is 13.2 Å². The molecule has 0 spiro atoms. The third kappa shape index (κ3) is 2.36. The van der Waals surface area contributed by atoms with Crippen molar-refractivity contribution >= 4 is 15.9 Å². The highest BCUT2D eigenvalue weighted by Crippen LogP contribution is 2.30. The van der Waals surface area contributed by atoms with Gasteiger partial charge in [-0.3, -0.25) is 4.57 Å². The second-order valence-electron chi connectivity index (χ2n) is 3.51. The molecule has 0 unspecified atom stereocenters. The second-order valence-corrected chi connectivity index (χ2v) is 4.32. The zero-order valence-electron chi connectivity index (χ0n) is 8.79. The summed E-state index contributed by atoms with van der Waals surface area (Å²) in [6, 6.07) is 4.95. The number of nitrogens with zero attached hydrogens (tertiary/aromatic N) is 2. The average molecular weight is 305 g/mol. The van der Waals surface area contributed by atoms with Crippen molar-refractivity contribution in [3.05, 3.63) is 46.5 Å². The highest BCUT2D eigenvalue weighted by atomic mass is 79.9. The van der Waals surface area contributed by atoms with Crippen molar-refractivity contribution in [2.75, 3.05) is 0 Å². The minimum Gasteiger partial charge on any atom is -0.291 e. The van der Waals surface area contributed by atoms with Crippen molar-refractivity contribution in [3.63, 3.8) is 0 Å². The van der Waals surface area contributed by atoms with Gasteiger partial charge in [0.2, 0.25) is 0 Å². The van der Waals surface area contributed by atoms with Gasteiger partial charge in [-0.05, 0) is 47.1 Å². The number of imidazole rings is 1. The standard InChI is InChI=1S/C11H8BrF3N2/c1-7-16-6-10(12)17(7)9-4-2-8(3-5-9)11(13,14)15/h2-6H,1H3. The van der Waals surface area contributed by atoms with E-state index in [2.05, 4.69) is 20.9 Å². The Bertz CT molecular complexity index is 509. The molecule has 17 heavy (non-hydrogen) atoms. The Morgan fingerprint density at radius 2 is 1.76 bits per heavy atom. The highest BCUT2D eigenvalue weighted by molar-refractivity contribution is 9.10. The van der Waals surface area contributed by atoms with E-state index < -0.39 is 11.7 Å². The van der Waals surface area contributed by atoms with Crippen molar-refractivity contribution in [1.82, 2.24) is 9.55 Å². The molecule has 1 aromatic heterocycles. The van der Waals surface area contributed by atoms with Crippen LogP contribution in [0.4, 0.5) is 13.2 Å². The van der Waals surface area contributed by atoms with Crippen LogP contribution in [0.15, 0.2) is 35.1 Å². The smallest absolute Gasteiger partial charge is 0.291 e. The number of hydrogen-bond acceptors (Lipinski definition) is 1. The first kappa shape index (κ1) is 12.2. The van der Waals surface area contributed by atoms with E-state index in [0.29, 0.717) is 16.1 Å². The Morgan fingerprint density at radius 1 is 1.18 bits per heavy atom. The average Bonchev–Trinajstić information content (AvgIpc) is 2.58. The van der Waals surface area contributed by atoms with Crippen LogP contribution in [0.1, 0.15) is 11.4 Å². The number of aryl methyl sites for hydroxylation is 1. The number of rotatable bonds is 1. The molecule has 0 aliphatic heterocycles. The molecular weight excluding hydrogens is 297 g/mol. The molecule has 1 heterocycles. The zero-order valence-corrected chi connectivity index (χ0v) is 10.4. The van der Waals surface area contributed by atoms with E-state index in [9.17, 15) is 13.2 Å². The molecule has 0 bridgehead atoms. The number of hydrogen-bond donors (Lipinski definition) is 0. The molecule has 2 nitrogen and oxygen atoms in total. The van der Waals surface area contributed by atoms with Crippen LogP contribution in [0, 0.1) is 6.92 Å². The van der Waals surface area contributed by atoms with Gasteiger partial charge in [0.05, 0.1) is 11.8 Å². The summed E-state index contributed by atoms with van der Waals surface area (Å²) in [6.07, 6.45) is -2.70. The van der Waals surface area contributed by atoms with E-state index in [0.717, 1.165) is 12.1 Å². The van der Waals surface area contributed by atoms with Gasteiger partial charge >= 0.3 is 6.18 Å². The van der Waals surface area contributed by atoms with E-state index in [1.165, 1.54) is 12.1 Å². The van der Waals surface area contributed by atoms with Crippen LogP contribution in [0.25, 0.3) is 5.69 Å². The van der Waals surface area contributed by atoms with Crippen molar-refractivity contribution in [3.8, 4) is 5.69 Å². The first-order chi connectivity index (χ1) is 7.89. The van der Waals surface area contributed by atoms with E-state index in [1.807, 2.05) is 0 Å². The molecule has 0 saturated heterocycles. The molecule has 2 rings (SSSR count). The van der Waals surface area contributed by atoms with Gasteiger partial charge in [-0.1, -0.05) is 0 Å². The third-order valence-electron chi connectivity index (χ3n) is 2.35. The molecule has 0 aliphatic rings. The quantitative estimate of drug-likeness (QED) is 0.780. The molecule has 0 amide bonds. The zero-order chi connectivity index (χ0) is 12.6. The predicted molar refractivity (Wildman–Crippen MR) is 61.0 cm³/mol. The summed E-state index contributed by atoms with van der Waals surface area (Å²) in [7, 11) is 0. The molecular formula is C11H8BrF3N2. The largest absolute Gasteiger partial charge is 0.416 e. The molecule has 0 fully saturated rings. The fourth-order valence-corrected chi connectivity index (χ4v) is 2.09. The van der Waals surface area contributed by atoms with Crippen LogP contribution in [-0.4, -0.2) is 9.55 Å². The normalized spacial score (nSPS) is 11.8. The predicted octanol–water partition coefficient (Wildman–Crippen LogP) is 3.96. The van der Waals surface area contributed by atoms with Gasteiger partial charge in [-0.25, -0.2) is 4.98 Å². The monoisotopic (exact) mass is 304 g/mol. The molecule has 0 aliphatic carbocycles. The fraction of sp³-hybridized carbons (Fsp3) is 0.182. The number of halogens is 4. The van der Waals surface area contributed by atoms with Crippen molar-refractivity contribution in [2.45, 2.75) is 13.1 Å². The summed E-state index contributed by atoms with van der Waals surface area (Å²) in [5.41, 5.74) is -0.0185. The molecule has 1 aromatic carbocycles. The molecule has 2 aromatic rings. The summed E-state index contributed by atoms with van der Waals surface area (Å²) in [6.45, 7) is 1.78. The van der Waals surface area contributed by atoms with Gasteiger partial charge in [0.1, 0.15) is 10.4 Å². The Hall–Kier alpha value is -1.30. The number of benzene rings is 1. The fourth-order valence-electron chi connectivity index (χ4n) is 1.53. The second kappa shape index (κ2) is 4.18. The van der Waals surface area contributed by atoms with Crippen LogP contribution >= 0.6 is 15.9 Å². The van der Waals surface area contributed by atoms with Gasteiger partial charge in [-0.2, -0.15) is 13.2 Å². The van der Waals surface area contributed by atoms with E-state index in [1.54, 1.807) is 17.7 Å². The molecule has 0 atom stereocenters. The van der Waals surface area contributed by atoms with Crippen LogP contribution < -0.4 is 0 Å². The lowest BCUT2D eigenvalue weighted by molar-refractivity contribution is -0.137. The van der Waals surface area contributed by atoms with Gasteiger partial charge in [0.25, 0.3) is 0 Å². The topological polar surface area (TPSA) is 17.8 Å². The van der Waals surface area contributed by atoms with Crippen molar-refractivity contribution in [1.29, 1.82) is 0 Å². The maximum Gasteiger partial charge on any atom is 0.416 e. The van der Waals surface area contributed by atoms with Crippen LogP contribution in [0.3, 0.4) is 0 Å². The Morgan fingerprint density at radius 3 is 2.18 bits per heavy atom. The number of alkyl halides is 3. The molecule has 90 valence electrons. The minimum atomic E-state index is -4.31. The van der Waals surface area contributed by atoms with E-state index in [4.69, 9.17) is 0 Å². The Labute approximate surface area is 104 Å². The maximum atomic E-state index is 12.4. The minimum absolute atomic E-state index is 0.639. The van der Waals surface area contributed by atoms with Gasteiger partial charge < -0.3 is 0 Å². The Kier molecular flexibility index (Phi) is 2.99. The summed E-state index contributed by atoms with van der Waals surface area (Å²) in [4.78, 5) is 4.06. The van der Waals surface area contributed by atoms with Gasteiger partial charge in [-0.15, -0.1) is 0 Å². The van der Waals surface area contributed by atoms with E-state index in [-0.39, 0.29) is 0 Å². The molecule has 0 radical (unpaired) electrons. The van der Waals surface area contributed by atoms with E-state index >= 15 is 0 Å². The van der Waals surface area contributed by atoms with Gasteiger partial charge in [0, 0.05) is 5.69 Å². The maximum absolute atomic E-state index is 12.4. The van der Waals surface area contributed by atoms with Gasteiger partial charge in [0.15, 0.2) is 0 Å².